The molecule has 1 saturated heterocycles. The Balaban J connectivity index is 1.73. The summed E-state index contributed by atoms with van der Waals surface area (Å²) in [5.74, 6) is -0.0466. The highest BCUT2D eigenvalue weighted by Gasteiger charge is 2.21. The van der Waals surface area contributed by atoms with Crippen molar-refractivity contribution in [1.29, 1.82) is 0 Å². The first-order chi connectivity index (χ1) is 12.1. The zero-order chi connectivity index (χ0) is 17.8. The Morgan fingerprint density at radius 1 is 1.32 bits per heavy atom. The van der Waals surface area contributed by atoms with Crippen LogP contribution < -0.4 is 5.32 Å². The normalized spacial score (nSPS) is 18.8. The number of carbonyl (C=O) groups excluding carboxylic acids is 1. The molecule has 2 unspecified atom stereocenters. The summed E-state index contributed by atoms with van der Waals surface area (Å²) in [5.41, 5.74) is 4.03. The van der Waals surface area contributed by atoms with Crippen LogP contribution in [0, 0.1) is 13.8 Å². The monoisotopic (exact) mass is 342 g/mol. The van der Waals surface area contributed by atoms with Crippen LogP contribution in [0.1, 0.15) is 46.7 Å². The van der Waals surface area contributed by atoms with Crippen molar-refractivity contribution in [3.63, 3.8) is 0 Å². The highest BCUT2D eigenvalue weighted by atomic mass is 16.7. The van der Waals surface area contributed by atoms with Gasteiger partial charge in [0, 0.05) is 17.9 Å². The van der Waals surface area contributed by atoms with Gasteiger partial charge < -0.3 is 19.4 Å². The average Bonchev–Trinajstić information content (AvgIpc) is 2.95. The number of benzene rings is 1. The molecular weight excluding hydrogens is 316 g/mol. The molecule has 2 atom stereocenters. The SMILES string of the molecule is Cc1cc(C(=O)NCC2CCOCO2)c(C)n1C(C)c1ccccc1. The van der Waals surface area contributed by atoms with Gasteiger partial charge >= 0.3 is 0 Å². The molecule has 2 heterocycles. The van der Waals surface area contributed by atoms with E-state index < -0.39 is 0 Å². The fraction of sp³-hybridized carbons (Fsp3) is 0.450. The predicted octanol–water partition coefficient (Wildman–Crippen LogP) is 3.21. The van der Waals surface area contributed by atoms with Crippen molar-refractivity contribution < 1.29 is 14.3 Å². The molecule has 1 amide bonds. The first-order valence-corrected chi connectivity index (χ1v) is 8.79. The van der Waals surface area contributed by atoms with E-state index in [4.69, 9.17) is 9.47 Å². The number of nitrogens with zero attached hydrogens (tertiary/aromatic N) is 1. The lowest BCUT2D eigenvalue weighted by Gasteiger charge is -2.23. The topological polar surface area (TPSA) is 52.5 Å². The van der Waals surface area contributed by atoms with E-state index in [1.54, 1.807) is 0 Å². The van der Waals surface area contributed by atoms with Gasteiger partial charge in [0.05, 0.1) is 24.3 Å². The zero-order valence-corrected chi connectivity index (χ0v) is 15.1. The third kappa shape index (κ3) is 3.94. The Morgan fingerprint density at radius 2 is 2.08 bits per heavy atom. The average molecular weight is 342 g/mol. The minimum Gasteiger partial charge on any atom is -0.355 e. The summed E-state index contributed by atoms with van der Waals surface area (Å²) in [5, 5.41) is 3.00. The van der Waals surface area contributed by atoms with Crippen molar-refractivity contribution in [3.05, 3.63) is 58.9 Å². The minimum absolute atomic E-state index is 0.0319. The van der Waals surface area contributed by atoms with Crippen molar-refractivity contribution in [1.82, 2.24) is 9.88 Å². The highest BCUT2D eigenvalue weighted by molar-refractivity contribution is 5.95. The molecule has 0 saturated carbocycles. The van der Waals surface area contributed by atoms with Gasteiger partial charge in [0.15, 0.2) is 0 Å². The van der Waals surface area contributed by atoms with Crippen LogP contribution in [0.4, 0.5) is 0 Å². The van der Waals surface area contributed by atoms with E-state index in [1.807, 2.05) is 38.1 Å². The predicted molar refractivity (Wildman–Crippen MR) is 96.8 cm³/mol. The summed E-state index contributed by atoms with van der Waals surface area (Å²) in [7, 11) is 0. The minimum atomic E-state index is -0.0466. The van der Waals surface area contributed by atoms with E-state index in [1.165, 1.54) is 5.56 Å². The van der Waals surface area contributed by atoms with E-state index in [0.717, 1.165) is 23.4 Å². The van der Waals surface area contributed by atoms with Crippen LogP contribution in [-0.2, 0) is 9.47 Å². The summed E-state index contributed by atoms with van der Waals surface area (Å²) in [6.45, 7) is 7.72. The molecule has 25 heavy (non-hydrogen) atoms. The smallest absolute Gasteiger partial charge is 0.253 e. The van der Waals surface area contributed by atoms with E-state index >= 15 is 0 Å². The maximum Gasteiger partial charge on any atom is 0.253 e. The Kier molecular flexibility index (Phi) is 5.56. The molecule has 1 aliphatic heterocycles. The van der Waals surface area contributed by atoms with Crippen LogP contribution in [-0.4, -0.2) is 36.5 Å². The Hall–Kier alpha value is -2.11. The van der Waals surface area contributed by atoms with Gasteiger partial charge in [0.2, 0.25) is 0 Å². The standard InChI is InChI=1S/C20H26N2O3/c1-14-11-19(20(23)21-12-18-9-10-24-13-25-18)16(3)22(14)15(2)17-7-5-4-6-8-17/h4-8,11,15,18H,9-10,12-13H2,1-3H3,(H,21,23). The van der Waals surface area contributed by atoms with Crippen LogP contribution in [0.15, 0.2) is 36.4 Å². The van der Waals surface area contributed by atoms with E-state index in [9.17, 15) is 4.79 Å². The van der Waals surface area contributed by atoms with Gasteiger partial charge in [-0.2, -0.15) is 0 Å². The molecule has 5 nitrogen and oxygen atoms in total. The number of amides is 1. The Morgan fingerprint density at radius 3 is 2.76 bits per heavy atom. The van der Waals surface area contributed by atoms with Gasteiger partial charge in [-0.05, 0) is 38.8 Å². The molecule has 134 valence electrons. The Labute approximate surface area is 148 Å². The summed E-state index contributed by atoms with van der Waals surface area (Å²) < 4.78 is 12.9. The van der Waals surface area contributed by atoms with Crippen molar-refractivity contribution in [2.45, 2.75) is 39.3 Å². The molecule has 0 aliphatic carbocycles. The molecule has 1 N–H and O–H groups in total. The second-order valence-electron chi connectivity index (χ2n) is 6.55. The lowest BCUT2D eigenvalue weighted by molar-refractivity contribution is -0.136. The molecule has 0 spiro atoms. The van der Waals surface area contributed by atoms with E-state index in [0.29, 0.717) is 19.9 Å². The quantitative estimate of drug-likeness (QED) is 0.908. The number of carbonyl (C=O) groups is 1. The van der Waals surface area contributed by atoms with Crippen molar-refractivity contribution in [2.75, 3.05) is 19.9 Å². The number of ether oxygens (including phenoxy) is 2. The fourth-order valence-corrected chi connectivity index (χ4v) is 3.45. The molecule has 1 aromatic heterocycles. The number of hydrogen-bond acceptors (Lipinski definition) is 3. The first kappa shape index (κ1) is 17.7. The molecule has 2 aromatic rings. The van der Waals surface area contributed by atoms with Gasteiger partial charge in [-0.1, -0.05) is 30.3 Å². The molecule has 1 aliphatic rings. The van der Waals surface area contributed by atoms with Crippen molar-refractivity contribution in [3.8, 4) is 0 Å². The van der Waals surface area contributed by atoms with Crippen LogP contribution in [0.5, 0.6) is 0 Å². The zero-order valence-electron chi connectivity index (χ0n) is 15.1. The number of aromatic nitrogens is 1. The highest BCUT2D eigenvalue weighted by Crippen LogP contribution is 2.25. The van der Waals surface area contributed by atoms with Gasteiger partial charge in [-0.25, -0.2) is 0 Å². The second-order valence-corrected chi connectivity index (χ2v) is 6.55. The maximum atomic E-state index is 12.6. The lowest BCUT2D eigenvalue weighted by Crippen LogP contribution is -2.37. The molecule has 1 fully saturated rings. The number of hydrogen-bond donors (Lipinski definition) is 1. The number of rotatable bonds is 5. The van der Waals surface area contributed by atoms with Crippen LogP contribution >= 0.6 is 0 Å². The third-order valence-electron chi connectivity index (χ3n) is 4.86. The van der Waals surface area contributed by atoms with Crippen LogP contribution in [0.3, 0.4) is 0 Å². The summed E-state index contributed by atoms with van der Waals surface area (Å²) in [6, 6.07) is 12.5. The van der Waals surface area contributed by atoms with Gasteiger partial charge in [0.25, 0.3) is 5.91 Å². The van der Waals surface area contributed by atoms with Gasteiger partial charge in [-0.15, -0.1) is 0 Å². The molecule has 3 rings (SSSR count). The summed E-state index contributed by atoms with van der Waals surface area (Å²) in [4.78, 5) is 12.6. The largest absolute Gasteiger partial charge is 0.355 e. The summed E-state index contributed by atoms with van der Waals surface area (Å²) in [6.07, 6.45) is 0.842. The summed E-state index contributed by atoms with van der Waals surface area (Å²) >= 11 is 0. The lowest BCUT2D eigenvalue weighted by atomic mass is 10.1. The molecule has 0 radical (unpaired) electrons. The fourth-order valence-electron chi connectivity index (χ4n) is 3.45. The van der Waals surface area contributed by atoms with Crippen molar-refractivity contribution >= 4 is 5.91 Å². The van der Waals surface area contributed by atoms with E-state index in [-0.39, 0.29) is 18.1 Å². The molecule has 5 heteroatoms. The molecular formula is C20H26N2O3. The Bertz CT molecular complexity index is 718. The third-order valence-corrected chi connectivity index (χ3v) is 4.86. The molecule has 0 bridgehead atoms. The van der Waals surface area contributed by atoms with Gasteiger partial charge in [-0.3, -0.25) is 4.79 Å². The maximum absolute atomic E-state index is 12.6. The number of nitrogens with one attached hydrogen (secondary N) is 1. The first-order valence-electron chi connectivity index (χ1n) is 8.79. The molecule has 1 aromatic carbocycles. The van der Waals surface area contributed by atoms with Crippen LogP contribution in [0.25, 0.3) is 0 Å². The number of aryl methyl sites for hydroxylation is 1. The van der Waals surface area contributed by atoms with E-state index in [2.05, 4.69) is 28.9 Å². The van der Waals surface area contributed by atoms with Gasteiger partial charge in [0.1, 0.15) is 6.79 Å². The van der Waals surface area contributed by atoms with Crippen LogP contribution in [0.2, 0.25) is 0 Å². The van der Waals surface area contributed by atoms with Crippen molar-refractivity contribution in [2.24, 2.45) is 0 Å². The second kappa shape index (κ2) is 7.85.